The zero-order valence-corrected chi connectivity index (χ0v) is 24.6. The standard InChI is InChI=1S/C27H25N5O9S.CH4O.CH4/c1-15(33)40-23(16-6-8-19(9-7-16)32(37)38)14-31-13-21(29-30-31)17-4-5-18-10-20(27(36)41-22(18)11-17)28-26(35)24(42-3)12-25(34)39-2;1-2;/h4-11,13,23-24H,12,14H2,1-3H3,(H,28,35);2H,1H3;1H4/i1D;;. The van der Waals surface area contributed by atoms with Crippen LogP contribution in [0, 0.1) is 10.1 Å². The number of carbonyl (C=O) groups is 3. The molecule has 2 atom stereocenters. The van der Waals surface area contributed by atoms with Crippen molar-refractivity contribution in [2.45, 2.75) is 38.6 Å². The van der Waals surface area contributed by atoms with Crippen molar-refractivity contribution in [3.8, 4) is 11.3 Å². The van der Waals surface area contributed by atoms with Crippen LogP contribution in [0.5, 0.6) is 0 Å². The highest BCUT2D eigenvalue weighted by Gasteiger charge is 2.23. The first kappa shape index (κ1) is 34.4. The molecule has 45 heavy (non-hydrogen) atoms. The van der Waals surface area contributed by atoms with Crippen molar-refractivity contribution in [1.29, 1.82) is 0 Å². The number of esters is 2. The van der Waals surface area contributed by atoms with E-state index in [1.165, 1.54) is 42.1 Å². The molecular formula is C29H33N5O10S. The highest BCUT2D eigenvalue weighted by Crippen LogP contribution is 2.26. The van der Waals surface area contributed by atoms with E-state index in [9.17, 15) is 29.3 Å². The van der Waals surface area contributed by atoms with Gasteiger partial charge >= 0.3 is 17.6 Å². The number of nitro benzene ring substituents is 1. The van der Waals surface area contributed by atoms with Crippen LogP contribution < -0.4 is 10.9 Å². The monoisotopic (exact) mass is 644 g/mol. The molecule has 16 heteroatoms. The van der Waals surface area contributed by atoms with Gasteiger partial charge in [0.1, 0.15) is 23.1 Å². The highest BCUT2D eigenvalue weighted by molar-refractivity contribution is 8.00. The van der Waals surface area contributed by atoms with Crippen molar-refractivity contribution in [2.75, 3.05) is 25.8 Å². The first-order chi connectivity index (χ1) is 21.6. The van der Waals surface area contributed by atoms with E-state index < -0.39 is 46.6 Å². The number of hydrogen-bond donors (Lipinski definition) is 2. The Hall–Kier alpha value is -5.09. The minimum atomic E-state index is -0.894. The Morgan fingerprint density at radius 1 is 1.20 bits per heavy atom. The molecule has 4 rings (SSSR count). The number of aromatic nitrogens is 3. The molecule has 0 fully saturated rings. The molecule has 0 aliphatic carbocycles. The quantitative estimate of drug-likeness (QED) is 0.103. The maximum Gasteiger partial charge on any atom is 0.360 e. The van der Waals surface area contributed by atoms with Crippen LogP contribution in [-0.2, 0) is 30.4 Å². The first-order valence-electron chi connectivity index (χ1n) is 13.4. The second-order valence-electron chi connectivity index (χ2n) is 8.85. The maximum absolute atomic E-state index is 12.6. The summed E-state index contributed by atoms with van der Waals surface area (Å²) in [6.45, 7) is -0.597. The molecule has 1 amide bonds. The van der Waals surface area contributed by atoms with Gasteiger partial charge in [-0.1, -0.05) is 24.8 Å². The third-order valence-electron chi connectivity index (χ3n) is 6.09. The van der Waals surface area contributed by atoms with Gasteiger partial charge in [0.25, 0.3) is 5.69 Å². The molecule has 0 aliphatic heterocycles. The molecule has 0 saturated carbocycles. The van der Waals surface area contributed by atoms with E-state index in [4.69, 9.17) is 15.6 Å². The normalized spacial score (nSPS) is 12.0. The molecule has 2 heterocycles. The predicted molar refractivity (Wildman–Crippen MR) is 167 cm³/mol. The van der Waals surface area contributed by atoms with Gasteiger partial charge in [0.05, 0.1) is 36.4 Å². The van der Waals surface area contributed by atoms with E-state index >= 15 is 0 Å². The van der Waals surface area contributed by atoms with E-state index in [1.54, 1.807) is 30.7 Å². The summed E-state index contributed by atoms with van der Waals surface area (Å²) in [5.74, 6) is -1.88. The van der Waals surface area contributed by atoms with Crippen LogP contribution in [-0.4, -0.2) is 68.6 Å². The second-order valence-corrected chi connectivity index (χ2v) is 9.89. The molecule has 0 aliphatic rings. The number of amides is 1. The summed E-state index contributed by atoms with van der Waals surface area (Å²) in [6, 6.07) is 11.9. The number of nitro groups is 1. The number of rotatable bonds is 11. The largest absolute Gasteiger partial charge is 0.469 e. The predicted octanol–water partition coefficient (Wildman–Crippen LogP) is 3.74. The number of methoxy groups -OCH3 is 1. The Morgan fingerprint density at radius 3 is 2.53 bits per heavy atom. The van der Waals surface area contributed by atoms with Crippen molar-refractivity contribution in [3.63, 3.8) is 0 Å². The van der Waals surface area contributed by atoms with Gasteiger partial charge in [-0.3, -0.25) is 24.5 Å². The molecule has 15 nitrogen and oxygen atoms in total. The molecule has 2 unspecified atom stereocenters. The van der Waals surface area contributed by atoms with Crippen molar-refractivity contribution < 1.29 is 39.7 Å². The summed E-state index contributed by atoms with van der Waals surface area (Å²) >= 11 is 1.14. The average molecular weight is 645 g/mol. The molecular weight excluding hydrogens is 610 g/mol. The topological polar surface area (TPSA) is 206 Å². The van der Waals surface area contributed by atoms with Crippen LogP contribution >= 0.6 is 11.8 Å². The van der Waals surface area contributed by atoms with E-state index in [0.717, 1.165) is 18.9 Å². The molecule has 0 saturated heterocycles. The lowest BCUT2D eigenvalue weighted by Crippen LogP contribution is -2.29. The molecule has 0 spiro atoms. The highest BCUT2D eigenvalue weighted by atomic mass is 32.2. The van der Waals surface area contributed by atoms with Gasteiger partial charge in [0, 0.05) is 38.5 Å². The lowest BCUT2D eigenvalue weighted by Gasteiger charge is -2.17. The first-order valence-corrected chi connectivity index (χ1v) is 14.0. The molecule has 2 N–H and O–H groups in total. The van der Waals surface area contributed by atoms with Crippen LogP contribution in [0.4, 0.5) is 11.4 Å². The van der Waals surface area contributed by atoms with Gasteiger partial charge in [-0.25, -0.2) is 9.48 Å². The number of carbonyl (C=O) groups excluding carboxylic acids is 3. The number of non-ortho nitro benzene ring substituents is 1. The van der Waals surface area contributed by atoms with Crippen LogP contribution in [0.1, 0.15) is 33.8 Å². The minimum absolute atomic E-state index is 0. The Labute approximate surface area is 263 Å². The number of anilines is 1. The molecule has 4 aromatic rings. The molecule has 0 radical (unpaired) electrons. The van der Waals surface area contributed by atoms with Crippen molar-refractivity contribution >= 4 is 52.0 Å². The van der Waals surface area contributed by atoms with Gasteiger partial charge in [-0.15, -0.1) is 5.10 Å². The van der Waals surface area contributed by atoms with Gasteiger partial charge in [-0.05, 0) is 36.1 Å². The number of nitrogens with one attached hydrogen (secondary N) is 1. The molecule has 2 aromatic carbocycles. The van der Waals surface area contributed by atoms with Crippen LogP contribution in [0.3, 0.4) is 0 Å². The minimum Gasteiger partial charge on any atom is -0.469 e. The number of hydrogen-bond acceptors (Lipinski definition) is 13. The Morgan fingerprint density at radius 2 is 1.91 bits per heavy atom. The number of fused-ring (bicyclic) bond motifs is 1. The fourth-order valence-corrected chi connectivity index (χ4v) is 4.53. The van der Waals surface area contributed by atoms with Crippen LogP contribution in [0.25, 0.3) is 22.2 Å². The second kappa shape index (κ2) is 16.7. The summed E-state index contributed by atoms with van der Waals surface area (Å²) in [5.41, 5.74) is 0.642. The summed E-state index contributed by atoms with van der Waals surface area (Å²) in [7, 11) is 2.22. The van der Waals surface area contributed by atoms with Crippen molar-refractivity contribution in [2.24, 2.45) is 0 Å². The Kier molecular flexibility index (Phi) is 12.7. The molecule has 240 valence electrons. The SMILES string of the molecule is C.CO.[2H]CC(=O)OC(Cn1cc(-c2ccc3cc(NC(=O)C(CC(=O)OC)SC)c(=O)oc3c2)nn1)c1ccc([N+](=O)[O-])cc1. The Balaban J connectivity index is 0.00000241. The lowest BCUT2D eigenvalue weighted by molar-refractivity contribution is -0.384. The van der Waals surface area contributed by atoms with Gasteiger partial charge in [0.15, 0.2) is 0 Å². The maximum atomic E-state index is 12.6. The summed E-state index contributed by atoms with van der Waals surface area (Å²) in [4.78, 5) is 59.1. The van der Waals surface area contributed by atoms with Gasteiger partial charge < -0.3 is 24.3 Å². The van der Waals surface area contributed by atoms with Gasteiger partial charge in [0.2, 0.25) is 5.91 Å². The van der Waals surface area contributed by atoms with Crippen molar-refractivity contribution in [3.05, 3.63) is 80.8 Å². The fourth-order valence-electron chi connectivity index (χ4n) is 3.96. The number of aliphatic hydroxyl groups excluding tert-OH is 1. The van der Waals surface area contributed by atoms with E-state index in [2.05, 4.69) is 20.4 Å². The number of benzene rings is 2. The smallest absolute Gasteiger partial charge is 0.360 e. The summed E-state index contributed by atoms with van der Waals surface area (Å²) in [5, 5.41) is 28.5. The molecule has 0 bridgehead atoms. The Bertz CT molecular complexity index is 1730. The summed E-state index contributed by atoms with van der Waals surface area (Å²) < 4.78 is 24.1. The van der Waals surface area contributed by atoms with E-state index in [-0.39, 0.29) is 37.4 Å². The molecule has 2 aromatic heterocycles. The number of aliphatic hydroxyl groups is 1. The third kappa shape index (κ3) is 9.45. The van der Waals surface area contributed by atoms with E-state index in [0.29, 0.717) is 22.2 Å². The van der Waals surface area contributed by atoms with Gasteiger partial charge in [-0.2, -0.15) is 11.8 Å². The number of nitrogens with zero attached hydrogens (tertiary/aromatic N) is 4. The number of thioether (sulfide) groups is 1. The van der Waals surface area contributed by atoms with E-state index in [1.807, 2.05) is 0 Å². The zero-order valence-electron chi connectivity index (χ0n) is 24.8. The number of ether oxygens (including phenoxy) is 2. The fraction of sp³-hybridized carbons (Fsp3) is 0.310. The summed E-state index contributed by atoms with van der Waals surface area (Å²) in [6.07, 6.45) is 2.18. The van der Waals surface area contributed by atoms with Crippen molar-refractivity contribution in [1.82, 2.24) is 15.0 Å². The lowest BCUT2D eigenvalue weighted by atomic mass is 10.1. The van der Waals surface area contributed by atoms with Crippen LogP contribution in [0.15, 0.2) is 63.9 Å². The zero-order chi connectivity index (χ0) is 33.1. The van der Waals surface area contributed by atoms with Crippen LogP contribution in [0.2, 0.25) is 0 Å². The average Bonchev–Trinajstić information content (AvgIpc) is 3.52. The third-order valence-corrected chi connectivity index (χ3v) is 7.04.